The van der Waals surface area contributed by atoms with Crippen LogP contribution in [-0.2, 0) is 0 Å². The first-order chi connectivity index (χ1) is 9.26. The molecule has 1 aliphatic carbocycles. The molecule has 1 aromatic carbocycles. The number of nitrogens with zero attached hydrogens (tertiary/aromatic N) is 1. The highest BCUT2D eigenvalue weighted by atomic mass is 16.1. The maximum atomic E-state index is 12.0. The van der Waals surface area contributed by atoms with Crippen LogP contribution in [0.1, 0.15) is 44.4 Å². The highest BCUT2D eigenvalue weighted by Crippen LogP contribution is 2.33. The molecule has 2 rings (SSSR count). The van der Waals surface area contributed by atoms with Crippen LogP contribution in [0.5, 0.6) is 0 Å². The lowest BCUT2D eigenvalue weighted by Gasteiger charge is -2.24. The molecular weight excluding hydrogens is 234 g/mol. The van der Waals surface area contributed by atoms with Crippen LogP contribution in [-0.4, -0.2) is 18.9 Å². The van der Waals surface area contributed by atoms with Gasteiger partial charge in [-0.15, -0.1) is 6.58 Å². The molecule has 0 spiro atoms. The molecule has 104 valence electrons. The van der Waals surface area contributed by atoms with Crippen molar-refractivity contribution >= 4 is 11.5 Å². The summed E-state index contributed by atoms with van der Waals surface area (Å²) < 4.78 is 0. The SMILES string of the molecule is C=CCCN(CCC)c1ccc(C(=O)C2CC2)cc1.[HH]. The highest BCUT2D eigenvalue weighted by molar-refractivity contribution is 5.99. The van der Waals surface area contributed by atoms with Crippen LogP contribution in [0.15, 0.2) is 36.9 Å². The predicted octanol–water partition coefficient (Wildman–Crippen LogP) is 4.32. The lowest BCUT2D eigenvalue weighted by Crippen LogP contribution is -2.24. The standard InChI is InChI=1S/C17H23NO.H2/c1-3-5-13-18(12-4-2)16-10-8-15(9-11-16)17(19)14-6-7-14;/h3,8-11,14H,1,4-7,12-13H2,2H3;1H. The van der Waals surface area contributed by atoms with Crippen LogP contribution in [0.25, 0.3) is 0 Å². The Hall–Kier alpha value is -1.57. The molecule has 1 aromatic rings. The van der Waals surface area contributed by atoms with Gasteiger partial charge in [-0.2, -0.15) is 0 Å². The Morgan fingerprint density at radius 1 is 1.37 bits per heavy atom. The molecule has 0 atom stereocenters. The average molecular weight is 259 g/mol. The number of hydrogen-bond acceptors (Lipinski definition) is 2. The fraction of sp³-hybridized carbons (Fsp3) is 0.471. The number of ketones is 1. The number of hydrogen-bond donors (Lipinski definition) is 0. The number of rotatable bonds is 8. The van der Waals surface area contributed by atoms with Gasteiger partial charge in [-0.3, -0.25) is 4.79 Å². The molecule has 0 N–H and O–H groups in total. The monoisotopic (exact) mass is 259 g/mol. The predicted molar refractivity (Wildman–Crippen MR) is 82.9 cm³/mol. The normalized spacial score (nSPS) is 14.2. The lowest BCUT2D eigenvalue weighted by atomic mass is 10.1. The Morgan fingerprint density at radius 3 is 2.58 bits per heavy atom. The molecule has 0 aliphatic heterocycles. The maximum Gasteiger partial charge on any atom is 0.165 e. The molecule has 2 heteroatoms. The molecule has 0 aromatic heterocycles. The van der Waals surface area contributed by atoms with E-state index in [1.54, 1.807) is 0 Å². The zero-order valence-corrected chi connectivity index (χ0v) is 11.8. The minimum absolute atomic E-state index is 0. The molecule has 0 radical (unpaired) electrons. The Morgan fingerprint density at radius 2 is 2.05 bits per heavy atom. The van der Waals surface area contributed by atoms with Gasteiger partial charge in [0.2, 0.25) is 0 Å². The summed E-state index contributed by atoms with van der Waals surface area (Å²) in [5.41, 5.74) is 2.07. The van der Waals surface area contributed by atoms with Crippen LogP contribution >= 0.6 is 0 Å². The Bertz CT molecular complexity index is 437. The first-order valence-electron chi connectivity index (χ1n) is 7.26. The van der Waals surface area contributed by atoms with Crippen molar-refractivity contribution in [1.29, 1.82) is 0 Å². The van der Waals surface area contributed by atoms with Crippen LogP contribution in [0.3, 0.4) is 0 Å². The first-order valence-corrected chi connectivity index (χ1v) is 7.26. The van der Waals surface area contributed by atoms with E-state index in [1.807, 2.05) is 18.2 Å². The largest absolute Gasteiger partial charge is 0.371 e. The van der Waals surface area contributed by atoms with Gasteiger partial charge in [-0.1, -0.05) is 13.0 Å². The fourth-order valence-electron chi connectivity index (χ4n) is 2.30. The smallest absolute Gasteiger partial charge is 0.165 e. The molecule has 0 unspecified atom stereocenters. The van der Waals surface area contributed by atoms with E-state index >= 15 is 0 Å². The second-order valence-corrected chi connectivity index (χ2v) is 5.25. The summed E-state index contributed by atoms with van der Waals surface area (Å²) in [6.07, 6.45) is 6.21. The maximum absolute atomic E-state index is 12.0. The minimum atomic E-state index is 0. The van der Waals surface area contributed by atoms with Crippen molar-refractivity contribution in [3.05, 3.63) is 42.5 Å². The molecule has 2 nitrogen and oxygen atoms in total. The van der Waals surface area contributed by atoms with Crippen molar-refractivity contribution in [2.24, 2.45) is 5.92 Å². The molecule has 0 saturated heterocycles. The number of carbonyl (C=O) groups excluding carboxylic acids is 1. The number of carbonyl (C=O) groups is 1. The summed E-state index contributed by atoms with van der Waals surface area (Å²) in [4.78, 5) is 14.3. The van der Waals surface area contributed by atoms with E-state index in [4.69, 9.17) is 0 Å². The number of anilines is 1. The van der Waals surface area contributed by atoms with Crippen LogP contribution in [0.2, 0.25) is 0 Å². The molecule has 19 heavy (non-hydrogen) atoms. The third-order valence-electron chi connectivity index (χ3n) is 3.56. The Balaban J connectivity index is 0.00000200. The van der Waals surface area contributed by atoms with Crippen LogP contribution in [0, 0.1) is 5.92 Å². The van der Waals surface area contributed by atoms with Gasteiger partial charge in [0, 0.05) is 31.7 Å². The molecule has 1 fully saturated rings. The Kier molecular flexibility index (Phi) is 4.78. The summed E-state index contributed by atoms with van der Waals surface area (Å²) in [6, 6.07) is 8.11. The van der Waals surface area contributed by atoms with Crippen molar-refractivity contribution in [3.8, 4) is 0 Å². The molecule has 1 saturated carbocycles. The van der Waals surface area contributed by atoms with Crippen LogP contribution < -0.4 is 4.90 Å². The molecule has 0 amide bonds. The van der Waals surface area contributed by atoms with E-state index in [0.29, 0.717) is 11.7 Å². The van der Waals surface area contributed by atoms with E-state index in [0.717, 1.165) is 44.3 Å². The summed E-state index contributed by atoms with van der Waals surface area (Å²) in [5, 5.41) is 0. The van der Waals surface area contributed by atoms with E-state index in [-0.39, 0.29) is 1.43 Å². The van der Waals surface area contributed by atoms with Gasteiger partial charge in [-0.05, 0) is 49.9 Å². The third kappa shape index (κ3) is 3.69. The summed E-state index contributed by atoms with van der Waals surface area (Å²) in [5.74, 6) is 0.623. The second kappa shape index (κ2) is 6.55. The van der Waals surface area contributed by atoms with Crippen molar-refractivity contribution in [2.45, 2.75) is 32.6 Å². The summed E-state index contributed by atoms with van der Waals surface area (Å²) in [6.45, 7) is 8.00. The molecule has 1 aliphatic rings. The topological polar surface area (TPSA) is 20.3 Å². The second-order valence-electron chi connectivity index (χ2n) is 5.25. The van der Waals surface area contributed by atoms with Gasteiger partial charge < -0.3 is 4.90 Å². The van der Waals surface area contributed by atoms with Gasteiger partial charge in [-0.25, -0.2) is 0 Å². The van der Waals surface area contributed by atoms with Crippen molar-refractivity contribution in [1.82, 2.24) is 0 Å². The fourth-order valence-corrected chi connectivity index (χ4v) is 2.30. The molecular formula is C17H25NO. The lowest BCUT2D eigenvalue weighted by molar-refractivity contribution is 0.0967. The van der Waals surface area contributed by atoms with E-state index < -0.39 is 0 Å². The van der Waals surface area contributed by atoms with E-state index in [2.05, 4.69) is 30.5 Å². The quantitative estimate of drug-likeness (QED) is 0.512. The summed E-state index contributed by atoms with van der Waals surface area (Å²) >= 11 is 0. The highest BCUT2D eigenvalue weighted by Gasteiger charge is 2.30. The minimum Gasteiger partial charge on any atom is -0.371 e. The van der Waals surface area contributed by atoms with Crippen molar-refractivity contribution in [3.63, 3.8) is 0 Å². The molecule has 0 bridgehead atoms. The van der Waals surface area contributed by atoms with Crippen molar-refractivity contribution < 1.29 is 6.22 Å². The van der Waals surface area contributed by atoms with Crippen LogP contribution in [0.4, 0.5) is 5.69 Å². The third-order valence-corrected chi connectivity index (χ3v) is 3.56. The summed E-state index contributed by atoms with van der Waals surface area (Å²) in [7, 11) is 0. The Labute approximate surface area is 117 Å². The zero-order chi connectivity index (χ0) is 13.7. The molecule has 0 heterocycles. The zero-order valence-electron chi connectivity index (χ0n) is 11.8. The van der Waals surface area contributed by atoms with E-state index in [9.17, 15) is 4.79 Å². The number of Topliss-reactive ketones (excluding diaryl/α,β-unsaturated/α-hetero) is 1. The van der Waals surface area contributed by atoms with Gasteiger partial charge in [0.15, 0.2) is 5.78 Å². The van der Waals surface area contributed by atoms with E-state index in [1.165, 1.54) is 5.69 Å². The van der Waals surface area contributed by atoms with Gasteiger partial charge in [0.1, 0.15) is 0 Å². The van der Waals surface area contributed by atoms with Gasteiger partial charge >= 0.3 is 0 Å². The number of benzene rings is 1. The van der Waals surface area contributed by atoms with Gasteiger partial charge in [0.05, 0.1) is 0 Å². The van der Waals surface area contributed by atoms with Gasteiger partial charge in [0.25, 0.3) is 0 Å². The first kappa shape index (κ1) is 13.9. The van der Waals surface area contributed by atoms with Crippen molar-refractivity contribution in [2.75, 3.05) is 18.0 Å². The average Bonchev–Trinajstić information content (AvgIpc) is 3.27.